The Bertz CT molecular complexity index is 675. The van der Waals surface area contributed by atoms with E-state index in [9.17, 15) is 0 Å². The Morgan fingerprint density at radius 2 is 2.06 bits per heavy atom. The molecule has 0 saturated heterocycles. The molecule has 0 unspecified atom stereocenters. The molecule has 0 aliphatic rings. The molecule has 0 aliphatic carbocycles. The maximum atomic E-state index is 5.83. The zero-order valence-corrected chi connectivity index (χ0v) is 8.92. The largest absolute Gasteiger partial charge is 0.350 e. The number of hydrazine groups is 1. The van der Waals surface area contributed by atoms with Crippen molar-refractivity contribution in [2.24, 2.45) is 5.84 Å². The summed E-state index contributed by atoms with van der Waals surface area (Å²) in [5, 5.41) is 1.17. The molecule has 4 N–H and O–H groups in total. The number of nitrogens with two attached hydrogens (primary N) is 1. The van der Waals surface area contributed by atoms with Gasteiger partial charge in [-0.1, -0.05) is 18.2 Å². The highest BCUT2D eigenvalue weighted by Crippen LogP contribution is 2.28. The Labute approximate surface area is 95.6 Å². The Hall–Kier alpha value is -1.85. The van der Waals surface area contributed by atoms with Crippen LogP contribution in [0.25, 0.3) is 21.9 Å². The Kier molecular flexibility index (Phi) is 1.95. The summed E-state index contributed by atoms with van der Waals surface area (Å²) in [6.07, 6.45) is 0. The molecule has 80 valence electrons. The van der Waals surface area contributed by atoms with Crippen molar-refractivity contribution in [3.05, 3.63) is 29.5 Å². The summed E-state index contributed by atoms with van der Waals surface area (Å²) in [6.45, 7) is 0. The topological polar surface area (TPSA) is 79.6 Å². The summed E-state index contributed by atoms with van der Waals surface area (Å²) in [7, 11) is 0. The molecule has 0 atom stereocenters. The minimum absolute atomic E-state index is 0.171. The van der Waals surface area contributed by atoms with Crippen LogP contribution in [0, 0.1) is 0 Å². The molecular formula is C10H8ClN5. The summed E-state index contributed by atoms with van der Waals surface area (Å²) in [5.74, 6) is 5.88. The summed E-state index contributed by atoms with van der Waals surface area (Å²) >= 11 is 5.83. The minimum Gasteiger partial charge on any atom is -0.350 e. The van der Waals surface area contributed by atoms with Crippen molar-refractivity contribution in [3.63, 3.8) is 0 Å². The van der Waals surface area contributed by atoms with Gasteiger partial charge in [-0.3, -0.25) is 0 Å². The van der Waals surface area contributed by atoms with Crippen LogP contribution in [0.4, 0.5) is 5.82 Å². The molecule has 0 saturated carbocycles. The summed E-state index contributed by atoms with van der Waals surface area (Å²) in [4.78, 5) is 11.4. The molecule has 1 aromatic carbocycles. The van der Waals surface area contributed by atoms with Crippen molar-refractivity contribution in [1.29, 1.82) is 0 Å². The maximum absolute atomic E-state index is 5.83. The molecule has 5 nitrogen and oxygen atoms in total. The molecule has 0 spiro atoms. The third-order valence-corrected chi connectivity index (χ3v) is 2.63. The van der Waals surface area contributed by atoms with Crippen molar-refractivity contribution < 1.29 is 0 Å². The highest BCUT2D eigenvalue weighted by atomic mass is 35.5. The van der Waals surface area contributed by atoms with Gasteiger partial charge in [-0.15, -0.1) is 0 Å². The summed E-state index contributed by atoms with van der Waals surface area (Å²) in [6, 6.07) is 7.83. The zero-order chi connectivity index (χ0) is 11.1. The molecule has 6 heteroatoms. The first-order chi connectivity index (χ1) is 7.79. The molecular weight excluding hydrogens is 226 g/mol. The number of nitrogens with one attached hydrogen (secondary N) is 2. The quantitative estimate of drug-likeness (QED) is 0.341. The zero-order valence-electron chi connectivity index (χ0n) is 8.16. The second kappa shape index (κ2) is 3.33. The third-order valence-electron chi connectivity index (χ3n) is 2.46. The van der Waals surface area contributed by atoms with Gasteiger partial charge in [-0.2, -0.15) is 4.98 Å². The van der Waals surface area contributed by atoms with Crippen LogP contribution < -0.4 is 11.3 Å². The molecule has 0 amide bonds. The standard InChI is InChI=1S/C10H8ClN5/c11-10-14-7-5-3-1-2-4-6(5)13-8(7)9(15-10)16-12/h1-4,13H,12H2,(H,14,15,16). The fourth-order valence-corrected chi connectivity index (χ4v) is 1.95. The lowest BCUT2D eigenvalue weighted by Gasteiger charge is -2.00. The number of para-hydroxylation sites is 1. The van der Waals surface area contributed by atoms with Gasteiger partial charge in [-0.05, 0) is 17.7 Å². The maximum Gasteiger partial charge on any atom is 0.225 e. The van der Waals surface area contributed by atoms with E-state index in [1.807, 2.05) is 24.3 Å². The van der Waals surface area contributed by atoms with Gasteiger partial charge >= 0.3 is 0 Å². The first kappa shape index (κ1) is 9.38. The van der Waals surface area contributed by atoms with Crippen LogP contribution in [0.15, 0.2) is 24.3 Å². The van der Waals surface area contributed by atoms with Gasteiger partial charge in [0.15, 0.2) is 5.82 Å². The third kappa shape index (κ3) is 1.22. The molecule has 3 rings (SSSR count). The summed E-state index contributed by atoms with van der Waals surface area (Å²) < 4.78 is 0. The van der Waals surface area contributed by atoms with Gasteiger partial charge < -0.3 is 10.4 Å². The highest BCUT2D eigenvalue weighted by molar-refractivity contribution is 6.29. The number of H-pyrrole nitrogens is 1. The van der Waals surface area contributed by atoms with E-state index in [0.29, 0.717) is 5.82 Å². The molecule has 0 fully saturated rings. The van der Waals surface area contributed by atoms with E-state index < -0.39 is 0 Å². The van der Waals surface area contributed by atoms with Gasteiger partial charge in [0.2, 0.25) is 5.28 Å². The molecule has 2 heterocycles. The molecule has 0 radical (unpaired) electrons. The van der Waals surface area contributed by atoms with Crippen LogP contribution in [0.3, 0.4) is 0 Å². The number of nitrogens with zero attached hydrogens (tertiary/aromatic N) is 2. The molecule has 2 aromatic heterocycles. The van der Waals surface area contributed by atoms with E-state index in [0.717, 1.165) is 21.9 Å². The number of hydrogen-bond acceptors (Lipinski definition) is 4. The van der Waals surface area contributed by atoms with Crippen molar-refractivity contribution in [2.75, 3.05) is 5.43 Å². The monoisotopic (exact) mass is 233 g/mol. The smallest absolute Gasteiger partial charge is 0.225 e. The van der Waals surface area contributed by atoms with E-state index in [2.05, 4.69) is 20.4 Å². The number of nitrogen functional groups attached to an aromatic ring is 1. The highest BCUT2D eigenvalue weighted by Gasteiger charge is 2.11. The first-order valence-corrected chi connectivity index (χ1v) is 5.08. The number of fused-ring (bicyclic) bond motifs is 3. The van der Waals surface area contributed by atoms with Crippen LogP contribution in [-0.2, 0) is 0 Å². The van der Waals surface area contributed by atoms with Crippen LogP contribution in [0.5, 0.6) is 0 Å². The van der Waals surface area contributed by atoms with Gasteiger partial charge in [0.05, 0.1) is 0 Å². The predicted octanol–water partition coefficient (Wildman–Crippen LogP) is 2.05. The Balaban J connectivity index is 2.54. The number of aromatic nitrogens is 3. The average molecular weight is 234 g/mol. The lowest BCUT2D eigenvalue weighted by Crippen LogP contribution is -2.09. The van der Waals surface area contributed by atoms with Gasteiger partial charge in [0, 0.05) is 10.9 Å². The van der Waals surface area contributed by atoms with E-state index in [1.54, 1.807) is 0 Å². The lowest BCUT2D eigenvalue weighted by atomic mass is 10.2. The van der Waals surface area contributed by atoms with E-state index >= 15 is 0 Å². The molecule has 0 aliphatic heterocycles. The molecule has 3 aromatic rings. The summed E-state index contributed by atoms with van der Waals surface area (Å²) in [5.41, 5.74) is 5.01. The minimum atomic E-state index is 0.171. The average Bonchev–Trinajstić information content (AvgIpc) is 2.67. The van der Waals surface area contributed by atoms with Crippen molar-refractivity contribution in [3.8, 4) is 0 Å². The first-order valence-electron chi connectivity index (χ1n) is 4.70. The van der Waals surface area contributed by atoms with E-state index in [-0.39, 0.29) is 5.28 Å². The van der Waals surface area contributed by atoms with Crippen LogP contribution >= 0.6 is 11.6 Å². The van der Waals surface area contributed by atoms with Crippen LogP contribution in [-0.4, -0.2) is 15.0 Å². The SMILES string of the molecule is NNc1nc(Cl)nc2c1[nH]c1ccccc12. The van der Waals surface area contributed by atoms with Crippen LogP contribution in [0.2, 0.25) is 5.28 Å². The van der Waals surface area contributed by atoms with E-state index in [1.165, 1.54) is 0 Å². The fourth-order valence-electron chi connectivity index (χ4n) is 1.78. The molecule has 0 bridgehead atoms. The second-order valence-corrected chi connectivity index (χ2v) is 3.72. The Morgan fingerprint density at radius 3 is 2.88 bits per heavy atom. The number of aromatic amines is 1. The number of halogens is 1. The fraction of sp³-hybridized carbons (Fsp3) is 0. The van der Waals surface area contributed by atoms with Gasteiger partial charge in [0.1, 0.15) is 11.0 Å². The Morgan fingerprint density at radius 1 is 1.25 bits per heavy atom. The lowest BCUT2D eigenvalue weighted by molar-refractivity contribution is 1.18. The van der Waals surface area contributed by atoms with Crippen molar-refractivity contribution >= 4 is 39.4 Å². The number of hydrogen-bond donors (Lipinski definition) is 3. The van der Waals surface area contributed by atoms with Gasteiger partial charge in [-0.25, -0.2) is 10.8 Å². The van der Waals surface area contributed by atoms with Crippen molar-refractivity contribution in [1.82, 2.24) is 15.0 Å². The second-order valence-electron chi connectivity index (χ2n) is 3.38. The van der Waals surface area contributed by atoms with Gasteiger partial charge in [0.25, 0.3) is 0 Å². The van der Waals surface area contributed by atoms with Crippen LogP contribution in [0.1, 0.15) is 0 Å². The predicted molar refractivity (Wildman–Crippen MR) is 64.2 cm³/mol. The normalized spacial score (nSPS) is 11.1. The number of benzene rings is 1. The number of rotatable bonds is 1. The van der Waals surface area contributed by atoms with Crippen molar-refractivity contribution in [2.45, 2.75) is 0 Å². The molecule has 16 heavy (non-hydrogen) atoms. The number of anilines is 1. The van der Waals surface area contributed by atoms with E-state index in [4.69, 9.17) is 17.4 Å².